The summed E-state index contributed by atoms with van der Waals surface area (Å²) >= 11 is 0. The van der Waals surface area contributed by atoms with E-state index < -0.39 is 29.7 Å². The van der Waals surface area contributed by atoms with Crippen LogP contribution in [0, 0.1) is 0 Å². The molecule has 1 aromatic carbocycles. The second kappa shape index (κ2) is 11.0. The van der Waals surface area contributed by atoms with E-state index in [0.717, 1.165) is 5.56 Å². The van der Waals surface area contributed by atoms with Crippen LogP contribution in [0.1, 0.15) is 45.6 Å². The average Bonchev–Trinajstić information content (AvgIpc) is 3.15. The highest BCUT2D eigenvalue weighted by Gasteiger charge is 2.36. The van der Waals surface area contributed by atoms with E-state index in [1.807, 2.05) is 30.3 Å². The Morgan fingerprint density at radius 2 is 1.90 bits per heavy atom. The van der Waals surface area contributed by atoms with Gasteiger partial charge in [0.25, 0.3) is 0 Å². The normalized spacial score (nSPS) is 17.3. The van der Waals surface area contributed by atoms with E-state index in [9.17, 15) is 14.4 Å². The quantitative estimate of drug-likeness (QED) is 0.650. The third kappa shape index (κ3) is 7.67. The third-order valence-corrected chi connectivity index (χ3v) is 4.54. The van der Waals surface area contributed by atoms with Crippen LogP contribution in [-0.4, -0.2) is 60.8 Å². The van der Waals surface area contributed by atoms with E-state index in [1.54, 1.807) is 20.8 Å². The van der Waals surface area contributed by atoms with Crippen LogP contribution in [0.4, 0.5) is 4.79 Å². The van der Waals surface area contributed by atoms with Gasteiger partial charge >= 0.3 is 12.1 Å². The van der Waals surface area contributed by atoms with E-state index in [4.69, 9.17) is 14.2 Å². The number of nitrogens with one attached hydrogen (secondary N) is 1. The second-order valence-electron chi connectivity index (χ2n) is 8.34. The Labute approximate surface area is 177 Å². The summed E-state index contributed by atoms with van der Waals surface area (Å²) in [5.74, 6) is -0.745. The molecule has 0 unspecified atom stereocenters. The van der Waals surface area contributed by atoms with Crippen LogP contribution >= 0.6 is 0 Å². The first-order valence-corrected chi connectivity index (χ1v) is 10.2. The molecule has 0 bridgehead atoms. The Hall–Kier alpha value is -2.61. The summed E-state index contributed by atoms with van der Waals surface area (Å²) in [5.41, 5.74) is 0.271. The van der Waals surface area contributed by atoms with Gasteiger partial charge in [-0.25, -0.2) is 4.79 Å². The van der Waals surface area contributed by atoms with Gasteiger partial charge in [-0.3, -0.25) is 14.5 Å². The molecule has 1 aliphatic rings. The van der Waals surface area contributed by atoms with Gasteiger partial charge in [0.15, 0.2) is 0 Å². The number of nitrogens with zero attached hydrogens (tertiary/aromatic N) is 1. The number of ether oxygens (including phenoxy) is 3. The molecule has 0 saturated carbocycles. The van der Waals surface area contributed by atoms with Crippen molar-refractivity contribution in [1.82, 2.24) is 10.2 Å². The first-order valence-electron chi connectivity index (χ1n) is 10.2. The number of likely N-dealkylation sites (tertiary alicyclic amines) is 1. The van der Waals surface area contributed by atoms with E-state index in [1.165, 1.54) is 12.0 Å². The molecule has 8 nitrogen and oxygen atoms in total. The van der Waals surface area contributed by atoms with Crippen molar-refractivity contribution in [1.29, 1.82) is 0 Å². The fourth-order valence-corrected chi connectivity index (χ4v) is 3.29. The van der Waals surface area contributed by atoms with Crippen molar-refractivity contribution < 1.29 is 28.6 Å². The number of esters is 1. The number of hydrogen-bond donors (Lipinski definition) is 1. The summed E-state index contributed by atoms with van der Waals surface area (Å²) < 4.78 is 15.8. The molecule has 8 heteroatoms. The fraction of sp³-hybridized carbons (Fsp3) is 0.591. The monoisotopic (exact) mass is 420 g/mol. The molecule has 2 amide bonds. The largest absolute Gasteiger partial charge is 0.460 e. The maximum Gasteiger partial charge on any atom is 0.410 e. The van der Waals surface area contributed by atoms with Crippen molar-refractivity contribution in [3.05, 3.63) is 35.9 Å². The lowest BCUT2D eigenvalue weighted by molar-refractivity contribution is -0.155. The SMILES string of the molecule is COC[C@H](CC(=O)OC(C)(C)C)NC(=O)[C@@H]1CCCN1C(=O)OCc1ccccc1. The van der Waals surface area contributed by atoms with Crippen molar-refractivity contribution >= 4 is 18.0 Å². The van der Waals surface area contributed by atoms with Crippen LogP contribution in [0.3, 0.4) is 0 Å². The highest BCUT2D eigenvalue weighted by Crippen LogP contribution is 2.20. The van der Waals surface area contributed by atoms with Crippen molar-refractivity contribution in [3.63, 3.8) is 0 Å². The highest BCUT2D eigenvalue weighted by atomic mass is 16.6. The lowest BCUT2D eigenvalue weighted by Crippen LogP contribution is -2.50. The Bertz CT molecular complexity index is 716. The van der Waals surface area contributed by atoms with E-state index >= 15 is 0 Å². The van der Waals surface area contributed by atoms with Gasteiger partial charge in [0.05, 0.1) is 19.1 Å². The molecule has 1 aliphatic heterocycles. The van der Waals surface area contributed by atoms with Crippen LogP contribution in [0.5, 0.6) is 0 Å². The number of benzene rings is 1. The standard InChI is InChI=1S/C22H32N2O6/c1-22(2,3)30-19(25)13-17(15-28-4)23-20(26)18-11-8-12-24(18)21(27)29-14-16-9-6-5-7-10-16/h5-7,9-10,17-18H,8,11-15H2,1-4H3,(H,23,26)/t17-,18-/m0/s1. The predicted molar refractivity (Wildman–Crippen MR) is 111 cm³/mol. The summed E-state index contributed by atoms with van der Waals surface area (Å²) in [7, 11) is 1.50. The molecule has 1 fully saturated rings. The second-order valence-corrected chi connectivity index (χ2v) is 8.34. The van der Waals surface area contributed by atoms with Gasteiger partial charge in [-0.15, -0.1) is 0 Å². The molecule has 0 aromatic heterocycles. The van der Waals surface area contributed by atoms with Gasteiger partial charge < -0.3 is 19.5 Å². The van der Waals surface area contributed by atoms with Crippen LogP contribution < -0.4 is 5.32 Å². The Morgan fingerprint density at radius 3 is 2.53 bits per heavy atom. The molecule has 1 N–H and O–H groups in total. The van der Waals surface area contributed by atoms with Gasteiger partial charge in [0.1, 0.15) is 18.2 Å². The minimum absolute atomic E-state index is 0.0119. The molecule has 166 valence electrons. The van der Waals surface area contributed by atoms with Crippen LogP contribution in [0.15, 0.2) is 30.3 Å². The minimum Gasteiger partial charge on any atom is -0.460 e. The molecular weight excluding hydrogens is 388 g/mol. The first kappa shape index (κ1) is 23.7. The minimum atomic E-state index is -0.633. The summed E-state index contributed by atoms with van der Waals surface area (Å²) in [4.78, 5) is 38.9. The summed E-state index contributed by atoms with van der Waals surface area (Å²) in [6.07, 6.45) is 0.715. The zero-order valence-electron chi connectivity index (χ0n) is 18.2. The van der Waals surface area contributed by atoms with Crippen LogP contribution in [-0.2, 0) is 30.4 Å². The molecule has 0 aliphatic carbocycles. The summed E-state index contributed by atoms with van der Waals surface area (Å²) in [6.45, 7) is 6.11. The number of rotatable bonds is 8. The zero-order valence-corrected chi connectivity index (χ0v) is 18.2. The van der Waals surface area contributed by atoms with Crippen LogP contribution in [0.2, 0.25) is 0 Å². The molecule has 1 aromatic rings. The maximum atomic E-state index is 12.8. The Kier molecular flexibility index (Phi) is 8.65. The summed E-state index contributed by atoms with van der Waals surface area (Å²) in [6, 6.07) is 8.19. The molecular formula is C22H32N2O6. The molecule has 2 rings (SSSR count). The molecule has 1 heterocycles. The third-order valence-electron chi connectivity index (χ3n) is 4.54. The van der Waals surface area contributed by atoms with Crippen LogP contribution in [0.25, 0.3) is 0 Å². The fourth-order valence-electron chi connectivity index (χ4n) is 3.29. The van der Waals surface area contributed by atoms with Gasteiger partial charge in [-0.05, 0) is 39.2 Å². The number of methoxy groups -OCH3 is 1. The average molecular weight is 421 g/mol. The molecule has 1 saturated heterocycles. The topological polar surface area (TPSA) is 94.2 Å². The van der Waals surface area contributed by atoms with Gasteiger partial charge in [-0.2, -0.15) is 0 Å². The van der Waals surface area contributed by atoms with Gasteiger partial charge in [-0.1, -0.05) is 30.3 Å². The Balaban J connectivity index is 1.92. The highest BCUT2D eigenvalue weighted by molar-refractivity contribution is 5.86. The lowest BCUT2D eigenvalue weighted by atomic mass is 10.1. The van der Waals surface area contributed by atoms with Gasteiger partial charge in [0.2, 0.25) is 5.91 Å². The van der Waals surface area contributed by atoms with Crippen molar-refractivity contribution in [2.45, 2.75) is 64.3 Å². The number of amides is 2. The van der Waals surface area contributed by atoms with E-state index in [0.29, 0.717) is 19.4 Å². The summed E-state index contributed by atoms with van der Waals surface area (Å²) in [5, 5.41) is 2.82. The predicted octanol–water partition coefficient (Wildman–Crippen LogP) is 2.65. The van der Waals surface area contributed by atoms with Crippen molar-refractivity contribution in [3.8, 4) is 0 Å². The molecule has 0 radical (unpaired) electrons. The molecule has 30 heavy (non-hydrogen) atoms. The maximum absolute atomic E-state index is 12.8. The lowest BCUT2D eigenvalue weighted by Gasteiger charge is -2.26. The number of carbonyl (C=O) groups is 3. The molecule has 2 atom stereocenters. The zero-order chi connectivity index (χ0) is 22.1. The van der Waals surface area contributed by atoms with Gasteiger partial charge in [0, 0.05) is 13.7 Å². The number of hydrogen-bond acceptors (Lipinski definition) is 6. The molecule has 0 spiro atoms. The van der Waals surface area contributed by atoms with E-state index in [2.05, 4.69) is 5.32 Å². The van der Waals surface area contributed by atoms with Crippen molar-refractivity contribution in [2.24, 2.45) is 0 Å². The Morgan fingerprint density at radius 1 is 1.20 bits per heavy atom. The van der Waals surface area contributed by atoms with Crippen molar-refractivity contribution in [2.75, 3.05) is 20.3 Å². The first-order chi connectivity index (χ1) is 14.2. The van der Waals surface area contributed by atoms with E-state index in [-0.39, 0.29) is 25.5 Å². The number of carbonyl (C=O) groups excluding carboxylic acids is 3. The smallest absolute Gasteiger partial charge is 0.410 e.